The maximum Gasteiger partial charge on any atom is 0.276 e. The van der Waals surface area contributed by atoms with E-state index in [1.807, 2.05) is 6.92 Å². The molecule has 3 aliphatic rings. The summed E-state index contributed by atoms with van der Waals surface area (Å²) in [7, 11) is 0. The second kappa shape index (κ2) is 7.52. The minimum Gasteiger partial charge on any atom is -0.503 e. The van der Waals surface area contributed by atoms with Crippen LogP contribution in [0.4, 0.5) is 0 Å². The molecule has 4 heterocycles. The summed E-state index contributed by atoms with van der Waals surface area (Å²) in [6, 6.07) is -0.146. The first-order valence-electron chi connectivity index (χ1n) is 10.7. The van der Waals surface area contributed by atoms with Crippen molar-refractivity contribution in [2.45, 2.75) is 64.4 Å². The van der Waals surface area contributed by atoms with E-state index >= 15 is 0 Å². The number of rotatable bonds is 3. The molecule has 1 aliphatic carbocycles. The number of carbonyl (C=O) groups excluding carboxylic acids is 2. The number of nitrogens with one attached hydrogen (secondary N) is 2. The smallest absolute Gasteiger partial charge is 0.276 e. The molecule has 2 atom stereocenters. The zero-order valence-electron chi connectivity index (χ0n) is 17.3. The normalized spacial score (nSPS) is 22.5. The molecule has 2 aliphatic heterocycles. The minimum absolute atomic E-state index is 0.104. The van der Waals surface area contributed by atoms with Gasteiger partial charge in [-0.2, -0.15) is 5.10 Å². The number of nitrogens with zero attached hydrogens (tertiary/aromatic N) is 3. The Balaban J connectivity index is 1.40. The summed E-state index contributed by atoms with van der Waals surface area (Å²) in [6.45, 7) is 2.66. The number of fused-ring (bicyclic) bond motifs is 3. The molecule has 0 aromatic carbocycles. The number of H-pyrrole nitrogens is 1. The lowest BCUT2D eigenvalue weighted by Crippen LogP contribution is -2.49. The molecule has 0 saturated carbocycles. The summed E-state index contributed by atoms with van der Waals surface area (Å²) in [4.78, 5) is 39.8. The monoisotopic (exact) mass is 427 g/mol. The fourth-order valence-electron chi connectivity index (χ4n) is 4.77. The van der Waals surface area contributed by atoms with Crippen molar-refractivity contribution in [3.05, 3.63) is 44.6 Å². The van der Waals surface area contributed by atoms with E-state index in [0.29, 0.717) is 6.61 Å². The van der Waals surface area contributed by atoms with Crippen molar-refractivity contribution in [1.82, 2.24) is 25.0 Å². The SMILES string of the molecule is C[C@H]1CO[C@@H]2Cn3cc(C(=O)NCc4n[nH]c5c4CCCCC5)c(=O)c(O)c3C(=O)N12. The number of carbonyl (C=O) groups is 2. The maximum atomic E-state index is 12.8. The molecular weight excluding hydrogens is 402 g/mol. The van der Waals surface area contributed by atoms with Gasteiger partial charge >= 0.3 is 0 Å². The van der Waals surface area contributed by atoms with Gasteiger partial charge in [-0.05, 0) is 38.2 Å². The highest BCUT2D eigenvalue weighted by Gasteiger charge is 2.42. The number of ether oxygens (including phenoxy) is 1. The van der Waals surface area contributed by atoms with Gasteiger partial charge in [0.1, 0.15) is 5.56 Å². The first kappa shape index (κ1) is 19.8. The van der Waals surface area contributed by atoms with Crippen LogP contribution in [0.3, 0.4) is 0 Å². The molecule has 3 N–H and O–H groups in total. The molecule has 2 aromatic heterocycles. The third kappa shape index (κ3) is 3.21. The van der Waals surface area contributed by atoms with Crippen LogP contribution in [0.5, 0.6) is 5.75 Å². The van der Waals surface area contributed by atoms with Crippen molar-refractivity contribution in [2.24, 2.45) is 0 Å². The molecule has 2 aromatic rings. The maximum absolute atomic E-state index is 12.8. The third-order valence-electron chi connectivity index (χ3n) is 6.41. The van der Waals surface area contributed by atoms with E-state index in [2.05, 4.69) is 15.5 Å². The van der Waals surface area contributed by atoms with Gasteiger partial charge in [-0.1, -0.05) is 6.42 Å². The summed E-state index contributed by atoms with van der Waals surface area (Å²) in [5, 5.41) is 20.6. The zero-order valence-corrected chi connectivity index (χ0v) is 17.3. The fraction of sp³-hybridized carbons (Fsp3) is 0.524. The van der Waals surface area contributed by atoms with Crippen LogP contribution < -0.4 is 10.7 Å². The van der Waals surface area contributed by atoms with Gasteiger partial charge in [0, 0.05) is 11.9 Å². The molecule has 10 heteroatoms. The summed E-state index contributed by atoms with van der Waals surface area (Å²) in [5.41, 5.74) is 1.85. The number of hydrogen-bond acceptors (Lipinski definition) is 6. The number of amides is 2. The van der Waals surface area contributed by atoms with Crippen molar-refractivity contribution in [1.29, 1.82) is 0 Å². The van der Waals surface area contributed by atoms with Crippen molar-refractivity contribution in [2.75, 3.05) is 6.61 Å². The van der Waals surface area contributed by atoms with Crippen LogP contribution in [0.25, 0.3) is 0 Å². The fourth-order valence-corrected chi connectivity index (χ4v) is 4.77. The largest absolute Gasteiger partial charge is 0.503 e. The second-order valence-corrected chi connectivity index (χ2v) is 8.44. The molecule has 0 unspecified atom stereocenters. The van der Waals surface area contributed by atoms with E-state index in [1.165, 1.54) is 22.1 Å². The molecule has 0 bridgehead atoms. The lowest BCUT2D eigenvalue weighted by molar-refractivity contribution is 0.00624. The molecule has 2 amide bonds. The van der Waals surface area contributed by atoms with Crippen LogP contribution in [-0.2, 0) is 30.7 Å². The Kier molecular flexibility index (Phi) is 4.81. The van der Waals surface area contributed by atoms with Gasteiger partial charge in [-0.25, -0.2) is 0 Å². The topological polar surface area (TPSA) is 130 Å². The van der Waals surface area contributed by atoms with E-state index in [4.69, 9.17) is 4.74 Å². The van der Waals surface area contributed by atoms with Crippen molar-refractivity contribution in [3.63, 3.8) is 0 Å². The van der Waals surface area contributed by atoms with Gasteiger partial charge in [-0.3, -0.25) is 19.5 Å². The highest BCUT2D eigenvalue weighted by atomic mass is 16.5. The molecule has 31 heavy (non-hydrogen) atoms. The second-order valence-electron chi connectivity index (χ2n) is 8.44. The number of aromatic hydroxyl groups is 1. The standard InChI is InChI=1S/C21H25N5O5/c1-11-10-31-16-9-25-8-13(18(27)19(28)17(25)21(30)26(11)16)20(29)22-7-15-12-5-3-2-4-6-14(12)23-24-15/h8,11,16,28H,2-7,9-10H2,1H3,(H,22,29)(H,23,24)/t11-,16+/m0/s1. The predicted molar refractivity (Wildman–Crippen MR) is 109 cm³/mol. The summed E-state index contributed by atoms with van der Waals surface area (Å²) in [6.07, 6.45) is 6.08. The Hall–Kier alpha value is -3.14. The van der Waals surface area contributed by atoms with Gasteiger partial charge in [0.05, 0.1) is 31.4 Å². The zero-order chi connectivity index (χ0) is 21.7. The van der Waals surface area contributed by atoms with Gasteiger partial charge in [-0.15, -0.1) is 0 Å². The number of hydrogen-bond donors (Lipinski definition) is 3. The molecular formula is C21H25N5O5. The first-order valence-corrected chi connectivity index (χ1v) is 10.7. The molecule has 1 fully saturated rings. The van der Waals surface area contributed by atoms with E-state index in [-0.39, 0.29) is 30.4 Å². The number of aryl methyl sites for hydroxylation is 1. The Morgan fingerprint density at radius 3 is 2.97 bits per heavy atom. The summed E-state index contributed by atoms with van der Waals surface area (Å²) >= 11 is 0. The van der Waals surface area contributed by atoms with Crippen LogP contribution in [0.15, 0.2) is 11.0 Å². The van der Waals surface area contributed by atoms with Crippen LogP contribution in [-0.4, -0.2) is 55.5 Å². The highest BCUT2D eigenvalue weighted by molar-refractivity contribution is 5.99. The summed E-state index contributed by atoms with van der Waals surface area (Å²) in [5.74, 6) is -1.79. The van der Waals surface area contributed by atoms with E-state index < -0.39 is 29.2 Å². The third-order valence-corrected chi connectivity index (χ3v) is 6.41. The Morgan fingerprint density at radius 1 is 1.32 bits per heavy atom. The molecule has 0 radical (unpaired) electrons. The summed E-state index contributed by atoms with van der Waals surface area (Å²) < 4.78 is 7.08. The van der Waals surface area contributed by atoms with E-state index in [1.54, 1.807) is 0 Å². The lowest BCUT2D eigenvalue weighted by Gasteiger charge is -2.33. The predicted octanol–water partition coefficient (Wildman–Crippen LogP) is 0.676. The van der Waals surface area contributed by atoms with Gasteiger partial charge in [0.2, 0.25) is 5.43 Å². The highest BCUT2D eigenvalue weighted by Crippen LogP contribution is 2.29. The average Bonchev–Trinajstić information content (AvgIpc) is 3.23. The molecule has 1 saturated heterocycles. The Bertz CT molecular complexity index is 1120. The Morgan fingerprint density at radius 2 is 2.13 bits per heavy atom. The van der Waals surface area contributed by atoms with Gasteiger partial charge in [0.25, 0.3) is 11.8 Å². The van der Waals surface area contributed by atoms with Crippen LogP contribution in [0.1, 0.15) is 64.0 Å². The van der Waals surface area contributed by atoms with Crippen molar-refractivity contribution < 1.29 is 19.4 Å². The molecule has 0 spiro atoms. The van der Waals surface area contributed by atoms with E-state index in [0.717, 1.165) is 42.6 Å². The quantitative estimate of drug-likeness (QED) is 0.618. The van der Waals surface area contributed by atoms with Crippen LogP contribution >= 0.6 is 0 Å². The van der Waals surface area contributed by atoms with Gasteiger partial charge in [0.15, 0.2) is 17.7 Å². The lowest BCUT2D eigenvalue weighted by atomic mass is 10.1. The Labute approximate surface area is 178 Å². The van der Waals surface area contributed by atoms with Crippen molar-refractivity contribution in [3.8, 4) is 5.75 Å². The average molecular weight is 427 g/mol. The number of pyridine rings is 1. The number of aromatic amines is 1. The van der Waals surface area contributed by atoms with Gasteiger partial charge < -0.3 is 24.6 Å². The molecule has 5 rings (SSSR count). The molecule has 10 nitrogen and oxygen atoms in total. The minimum atomic E-state index is -0.857. The van der Waals surface area contributed by atoms with Crippen LogP contribution in [0.2, 0.25) is 0 Å². The van der Waals surface area contributed by atoms with Crippen molar-refractivity contribution >= 4 is 11.8 Å². The number of aromatic nitrogens is 3. The van der Waals surface area contributed by atoms with Crippen LogP contribution in [0, 0.1) is 0 Å². The molecule has 164 valence electrons. The van der Waals surface area contributed by atoms with E-state index in [9.17, 15) is 19.5 Å². The first-order chi connectivity index (χ1) is 15.0.